The van der Waals surface area contributed by atoms with E-state index in [1.807, 2.05) is 17.0 Å². The van der Waals surface area contributed by atoms with Gasteiger partial charge < -0.3 is 14.6 Å². The number of nitrogens with zero attached hydrogens (tertiary/aromatic N) is 3. The molecule has 0 atom stereocenters. The van der Waals surface area contributed by atoms with Gasteiger partial charge >= 0.3 is 0 Å². The van der Waals surface area contributed by atoms with Crippen LogP contribution in [0.5, 0.6) is 0 Å². The SMILES string of the molecule is O=C(Nc1ccc2oc(-c3cc(Br)ccc3Cl)nc2c1)c1ccc(N2CCCCC2)c([N+](=O)[O-])c1. The molecule has 35 heavy (non-hydrogen) atoms. The Kier molecular flexibility index (Phi) is 6.44. The number of amides is 1. The molecule has 4 aromatic rings. The number of fused-ring (bicyclic) bond motifs is 1. The van der Waals surface area contributed by atoms with Gasteiger partial charge in [0.1, 0.15) is 11.2 Å². The van der Waals surface area contributed by atoms with Crippen LogP contribution in [-0.4, -0.2) is 28.9 Å². The molecule has 1 amide bonds. The monoisotopic (exact) mass is 554 g/mol. The van der Waals surface area contributed by atoms with Gasteiger partial charge in [-0.15, -0.1) is 0 Å². The number of benzene rings is 3. The van der Waals surface area contributed by atoms with E-state index in [1.54, 1.807) is 36.4 Å². The van der Waals surface area contributed by atoms with Gasteiger partial charge in [-0.1, -0.05) is 27.5 Å². The molecule has 1 saturated heterocycles. The van der Waals surface area contributed by atoms with Gasteiger partial charge in [0.25, 0.3) is 11.6 Å². The Bertz CT molecular complexity index is 1450. The summed E-state index contributed by atoms with van der Waals surface area (Å²) in [4.78, 5) is 30.7. The Morgan fingerprint density at radius 3 is 2.66 bits per heavy atom. The summed E-state index contributed by atoms with van der Waals surface area (Å²) >= 11 is 9.71. The van der Waals surface area contributed by atoms with E-state index in [0.717, 1.165) is 36.8 Å². The number of carbonyl (C=O) groups is 1. The molecule has 1 aromatic heterocycles. The summed E-state index contributed by atoms with van der Waals surface area (Å²) in [6.07, 6.45) is 3.12. The van der Waals surface area contributed by atoms with Crippen molar-refractivity contribution in [2.75, 3.05) is 23.3 Å². The summed E-state index contributed by atoms with van der Waals surface area (Å²) < 4.78 is 6.68. The number of anilines is 2. The van der Waals surface area contributed by atoms with E-state index < -0.39 is 10.8 Å². The Labute approximate surface area is 214 Å². The molecule has 0 bridgehead atoms. The third-order valence-corrected chi connectivity index (χ3v) is 6.76. The van der Waals surface area contributed by atoms with E-state index in [1.165, 1.54) is 6.07 Å². The lowest BCUT2D eigenvalue weighted by Crippen LogP contribution is -2.30. The number of hydrogen-bond donors (Lipinski definition) is 1. The fourth-order valence-electron chi connectivity index (χ4n) is 4.20. The lowest BCUT2D eigenvalue weighted by Gasteiger charge is -2.28. The zero-order chi connectivity index (χ0) is 24.5. The van der Waals surface area contributed by atoms with Gasteiger partial charge in [-0.2, -0.15) is 0 Å². The predicted molar refractivity (Wildman–Crippen MR) is 139 cm³/mol. The Morgan fingerprint density at radius 1 is 1.09 bits per heavy atom. The second-order valence-electron chi connectivity index (χ2n) is 8.29. The number of aromatic nitrogens is 1. The molecule has 10 heteroatoms. The quantitative estimate of drug-likeness (QED) is 0.209. The summed E-state index contributed by atoms with van der Waals surface area (Å²) in [5.41, 5.74) is 2.90. The first kappa shape index (κ1) is 23.3. The summed E-state index contributed by atoms with van der Waals surface area (Å²) in [6.45, 7) is 1.55. The van der Waals surface area contributed by atoms with Crippen LogP contribution in [0.15, 0.2) is 63.5 Å². The molecule has 1 aliphatic heterocycles. The average molecular weight is 556 g/mol. The van der Waals surface area contributed by atoms with E-state index in [-0.39, 0.29) is 11.3 Å². The second kappa shape index (κ2) is 9.67. The highest BCUT2D eigenvalue weighted by Gasteiger charge is 2.23. The van der Waals surface area contributed by atoms with Crippen molar-refractivity contribution >= 4 is 61.6 Å². The molecule has 0 aliphatic carbocycles. The van der Waals surface area contributed by atoms with Crippen LogP contribution in [0.25, 0.3) is 22.6 Å². The zero-order valence-electron chi connectivity index (χ0n) is 18.5. The molecule has 0 spiro atoms. The minimum atomic E-state index is -0.448. The Hall–Kier alpha value is -3.43. The largest absolute Gasteiger partial charge is 0.436 e. The van der Waals surface area contributed by atoms with Gasteiger partial charge in [0, 0.05) is 34.9 Å². The molecular formula is C25H20BrClN4O4. The van der Waals surface area contributed by atoms with Crippen molar-refractivity contribution in [3.8, 4) is 11.5 Å². The molecule has 8 nitrogen and oxygen atoms in total. The smallest absolute Gasteiger partial charge is 0.293 e. The maximum atomic E-state index is 12.9. The summed E-state index contributed by atoms with van der Waals surface area (Å²) in [5.74, 6) is -0.0879. The maximum Gasteiger partial charge on any atom is 0.293 e. The van der Waals surface area contributed by atoms with Crippen molar-refractivity contribution in [3.63, 3.8) is 0 Å². The number of carbonyl (C=O) groups excluding carboxylic acids is 1. The third kappa shape index (κ3) is 4.87. The van der Waals surface area contributed by atoms with Gasteiger partial charge in [-0.3, -0.25) is 14.9 Å². The lowest BCUT2D eigenvalue weighted by molar-refractivity contribution is -0.384. The van der Waals surface area contributed by atoms with Gasteiger partial charge in [0.2, 0.25) is 5.89 Å². The fraction of sp³-hybridized carbons (Fsp3) is 0.200. The van der Waals surface area contributed by atoms with Crippen molar-refractivity contribution in [1.29, 1.82) is 0 Å². The number of hydrogen-bond acceptors (Lipinski definition) is 6. The minimum absolute atomic E-state index is 0.0676. The zero-order valence-corrected chi connectivity index (χ0v) is 20.8. The van der Waals surface area contributed by atoms with Crippen LogP contribution in [0.2, 0.25) is 5.02 Å². The van der Waals surface area contributed by atoms with Crippen LogP contribution in [0.1, 0.15) is 29.6 Å². The summed E-state index contributed by atoms with van der Waals surface area (Å²) in [5, 5.41) is 15.0. The Balaban J connectivity index is 1.39. The number of oxazole rings is 1. The molecule has 0 unspecified atom stereocenters. The van der Waals surface area contributed by atoms with Gasteiger partial charge in [-0.25, -0.2) is 4.98 Å². The number of nitrogens with one attached hydrogen (secondary N) is 1. The first-order valence-electron chi connectivity index (χ1n) is 11.1. The van der Waals surface area contributed by atoms with E-state index in [4.69, 9.17) is 16.0 Å². The van der Waals surface area contributed by atoms with E-state index in [9.17, 15) is 14.9 Å². The van der Waals surface area contributed by atoms with Crippen LogP contribution >= 0.6 is 27.5 Å². The second-order valence-corrected chi connectivity index (χ2v) is 9.61. The molecule has 1 aliphatic rings. The average Bonchev–Trinajstić information content (AvgIpc) is 3.29. The molecule has 2 heterocycles. The van der Waals surface area contributed by atoms with Gasteiger partial charge in [-0.05, 0) is 67.8 Å². The minimum Gasteiger partial charge on any atom is -0.436 e. The van der Waals surface area contributed by atoms with Crippen LogP contribution in [0.3, 0.4) is 0 Å². The summed E-state index contributed by atoms with van der Waals surface area (Å²) in [7, 11) is 0. The summed E-state index contributed by atoms with van der Waals surface area (Å²) in [6, 6.07) is 15.1. The van der Waals surface area contributed by atoms with Crippen LogP contribution in [0, 0.1) is 10.1 Å². The highest BCUT2D eigenvalue weighted by atomic mass is 79.9. The maximum absolute atomic E-state index is 12.9. The highest BCUT2D eigenvalue weighted by Crippen LogP contribution is 2.34. The third-order valence-electron chi connectivity index (χ3n) is 5.94. The Morgan fingerprint density at radius 2 is 1.89 bits per heavy atom. The molecular weight excluding hydrogens is 536 g/mol. The molecule has 1 fully saturated rings. The molecule has 1 N–H and O–H groups in total. The van der Waals surface area contributed by atoms with E-state index in [2.05, 4.69) is 26.2 Å². The van der Waals surface area contributed by atoms with Crippen molar-refractivity contribution < 1.29 is 14.1 Å². The topological polar surface area (TPSA) is 102 Å². The van der Waals surface area contributed by atoms with E-state index in [0.29, 0.717) is 39.0 Å². The fourth-order valence-corrected chi connectivity index (χ4v) is 4.76. The first-order chi connectivity index (χ1) is 16.9. The van der Waals surface area contributed by atoms with Gasteiger partial charge in [0.05, 0.1) is 15.5 Å². The molecule has 0 radical (unpaired) electrons. The van der Waals surface area contributed by atoms with Crippen LogP contribution in [-0.2, 0) is 0 Å². The first-order valence-corrected chi connectivity index (χ1v) is 12.3. The number of nitro benzene ring substituents is 1. The van der Waals surface area contributed by atoms with Crippen molar-refractivity contribution in [3.05, 3.63) is 79.8 Å². The van der Waals surface area contributed by atoms with E-state index >= 15 is 0 Å². The number of nitro groups is 1. The van der Waals surface area contributed by atoms with Crippen LogP contribution in [0.4, 0.5) is 17.1 Å². The van der Waals surface area contributed by atoms with Crippen molar-refractivity contribution in [2.45, 2.75) is 19.3 Å². The molecule has 0 saturated carbocycles. The number of halogens is 2. The highest BCUT2D eigenvalue weighted by molar-refractivity contribution is 9.10. The van der Waals surface area contributed by atoms with Crippen LogP contribution < -0.4 is 10.2 Å². The van der Waals surface area contributed by atoms with Gasteiger partial charge in [0.15, 0.2) is 5.58 Å². The lowest BCUT2D eigenvalue weighted by atomic mass is 10.1. The normalized spacial score (nSPS) is 13.7. The molecule has 3 aromatic carbocycles. The van der Waals surface area contributed by atoms with Crippen molar-refractivity contribution in [1.82, 2.24) is 4.98 Å². The standard InChI is InChI=1S/C25H20BrClN4O4/c26-16-5-7-19(27)18(13-16)25-29-20-14-17(6-9-23(20)35-25)28-24(32)15-4-8-21(22(12-15)31(33)34)30-10-2-1-3-11-30/h4-9,12-14H,1-3,10-11H2,(H,28,32). The number of piperidine rings is 1. The number of rotatable bonds is 5. The molecule has 178 valence electrons. The predicted octanol–water partition coefficient (Wildman–Crippen LogP) is 7.06. The van der Waals surface area contributed by atoms with Crippen molar-refractivity contribution in [2.24, 2.45) is 0 Å². The molecule has 5 rings (SSSR count).